The number of nitrogens with two attached hydrogens (primary N) is 1. The van der Waals surface area contributed by atoms with E-state index >= 15 is 0 Å². The first kappa shape index (κ1) is 22.7. The molecule has 3 aromatic rings. The Labute approximate surface area is 199 Å². The van der Waals surface area contributed by atoms with Crippen molar-refractivity contribution >= 4 is 38.1 Å². The monoisotopic (exact) mass is 483 g/mol. The summed E-state index contributed by atoms with van der Waals surface area (Å²) in [5, 5.41) is 0.921. The third-order valence-corrected chi connectivity index (χ3v) is 8.27. The van der Waals surface area contributed by atoms with Crippen molar-refractivity contribution in [2.24, 2.45) is 0 Å². The minimum Gasteiger partial charge on any atom is -0.488 e. The fourth-order valence-electron chi connectivity index (χ4n) is 4.16. The number of hydrogen-bond donors (Lipinski definition) is 2. The molecule has 0 bridgehead atoms. The quantitative estimate of drug-likeness (QED) is 0.491. The molecule has 1 unspecified atom stereocenters. The molecule has 10 heteroatoms. The van der Waals surface area contributed by atoms with E-state index in [9.17, 15) is 4.21 Å². The van der Waals surface area contributed by atoms with Crippen LogP contribution in [0, 0.1) is 6.92 Å². The third-order valence-electron chi connectivity index (χ3n) is 6.16. The molecule has 2 aliphatic rings. The zero-order valence-corrected chi connectivity index (χ0v) is 20.2. The average Bonchev–Trinajstić information content (AvgIpc) is 3.66. The van der Waals surface area contributed by atoms with Crippen LogP contribution in [0.4, 0.5) is 11.6 Å². The Bertz CT molecular complexity index is 1330. The second-order valence-corrected chi connectivity index (χ2v) is 11.1. The molecule has 1 aliphatic carbocycles. The van der Waals surface area contributed by atoms with Crippen LogP contribution in [0.2, 0.25) is 0 Å². The Morgan fingerprint density at radius 1 is 1.15 bits per heavy atom. The highest BCUT2D eigenvalue weighted by molar-refractivity contribution is 8.02. The highest BCUT2D eigenvalue weighted by atomic mass is 32.2. The highest BCUT2D eigenvalue weighted by Gasteiger charge is 2.31. The molecule has 1 aromatic carbocycles. The Morgan fingerprint density at radius 2 is 1.91 bits per heavy atom. The number of ether oxygens (including phenoxy) is 3. The number of nitrogen functional groups attached to an aromatic ring is 1. The first-order valence-corrected chi connectivity index (χ1v) is 13.1. The van der Waals surface area contributed by atoms with Gasteiger partial charge in [0.15, 0.2) is 0 Å². The van der Waals surface area contributed by atoms with Gasteiger partial charge < -0.3 is 24.7 Å². The van der Waals surface area contributed by atoms with E-state index in [0.29, 0.717) is 36.0 Å². The number of rotatable bonds is 7. The number of nitrogens with zero attached hydrogens (tertiary/aromatic N) is 3. The summed E-state index contributed by atoms with van der Waals surface area (Å²) in [6.45, 7) is 3.23. The lowest BCUT2D eigenvalue weighted by Gasteiger charge is -2.24. The normalized spacial score (nSPS) is 18.4. The van der Waals surface area contributed by atoms with Crippen molar-refractivity contribution in [3.63, 3.8) is 0 Å². The van der Waals surface area contributed by atoms with Crippen LogP contribution in [0.1, 0.15) is 31.4 Å². The second kappa shape index (κ2) is 8.92. The molecule has 2 fully saturated rings. The van der Waals surface area contributed by atoms with Crippen molar-refractivity contribution in [2.45, 2.75) is 44.0 Å². The maximum absolute atomic E-state index is 13.0. The summed E-state index contributed by atoms with van der Waals surface area (Å²) in [6.07, 6.45) is 5.18. The number of benzene rings is 1. The van der Waals surface area contributed by atoms with Gasteiger partial charge in [0.1, 0.15) is 23.1 Å². The molecule has 1 saturated heterocycles. The largest absolute Gasteiger partial charge is 0.488 e. The summed E-state index contributed by atoms with van der Waals surface area (Å²) in [5.74, 6) is 5.13. The Kier molecular flexibility index (Phi) is 5.95. The summed E-state index contributed by atoms with van der Waals surface area (Å²) in [5.41, 5.74) is 9.61. The number of fused-ring (bicyclic) bond motifs is 1. The van der Waals surface area contributed by atoms with Crippen molar-refractivity contribution in [3.8, 4) is 22.8 Å². The van der Waals surface area contributed by atoms with Crippen LogP contribution >= 0.6 is 0 Å². The zero-order valence-electron chi connectivity index (χ0n) is 19.4. The van der Waals surface area contributed by atoms with E-state index < -0.39 is 9.71 Å². The van der Waals surface area contributed by atoms with Crippen molar-refractivity contribution in [1.29, 1.82) is 0 Å². The number of aromatic nitrogens is 3. The molecule has 2 aromatic heterocycles. The molecule has 1 aliphatic heterocycles. The number of anilines is 2. The average molecular weight is 484 g/mol. The molecule has 0 radical (unpaired) electrons. The molecule has 3 heterocycles. The Balaban J connectivity index is 1.59. The summed E-state index contributed by atoms with van der Waals surface area (Å²) in [7, 11) is -0.948. The van der Waals surface area contributed by atoms with Gasteiger partial charge in [-0.1, -0.05) is 0 Å². The number of hydrogen-bond acceptors (Lipinski definition) is 8. The highest BCUT2D eigenvalue weighted by Crippen LogP contribution is 2.37. The summed E-state index contributed by atoms with van der Waals surface area (Å²) in [4.78, 5) is 13.3. The van der Waals surface area contributed by atoms with Gasteiger partial charge in [0.2, 0.25) is 11.8 Å². The van der Waals surface area contributed by atoms with Gasteiger partial charge >= 0.3 is 0 Å². The smallest absolute Gasteiger partial charge is 0.238 e. The summed E-state index contributed by atoms with van der Waals surface area (Å²) >= 11 is 0. The van der Waals surface area contributed by atoms with Crippen molar-refractivity contribution in [1.82, 2.24) is 15.0 Å². The zero-order chi connectivity index (χ0) is 23.9. The second-order valence-electron chi connectivity index (χ2n) is 8.78. The molecule has 1 atom stereocenters. The number of nitrogens with one attached hydrogen (secondary N) is 1. The lowest BCUT2D eigenvalue weighted by Crippen LogP contribution is -2.26. The molecular weight excluding hydrogens is 454 g/mol. The molecule has 180 valence electrons. The maximum atomic E-state index is 13.0. The van der Waals surface area contributed by atoms with Crippen LogP contribution in [0.25, 0.3) is 22.0 Å². The van der Waals surface area contributed by atoms with Gasteiger partial charge in [0.25, 0.3) is 0 Å². The molecule has 34 heavy (non-hydrogen) atoms. The molecular formula is C24H29N5O4S. The van der Waals surface area contributed by atoms with Crippen LogP contribution in [0.3, 0.4) is 0 Å². The standard InChI is InChI=1S/C24H29N5O4S/c1-14-19-10-15(12-21(22(19)28-24(25)27-14)33-17-6-8-32-9-7-17)16-11-20(23(31-2)26-13-16)29-34(3,30)18-4-5-18/h10-13,17-18H,3-9H2,1-2H3,(H,29,30)(H2,25,27,28). The Morgan fingerprint density at radius 3 is 2.62 bits per heavy atom. The van der Waals surface area contributed by atoms with Gasteiger partial charge in [-0.2, -0.15) is 0 Å². The predicted molar refractivity (Wildman–Crippen MR) is 135 cm³/mol. The van der Waals surface area contributed by atoms with E-state index in [-0.39, 0.29) is 17.3 Å². The molecule has 9 nitrogen and oxygen atoms in total. The fraction of sp³-hybridized carbons (Fsp3) is 0.417. The molecule has 0 amide bonds. The first-order valence-electron chi connectivity index (χ1n) is 11.3. The maximum Gasteiger partial charge on any atom is 0.238 e. The topological polar surface area (TPSA) is 121 Å². The minimum atomic E-state index is -2.49. The minimum absolute atomic E-state index is 0.0318. The summed E-state index contributed by atoms with van der Waals surface area (Å²) in [6, 6.07) is 5.82. The number of aryl methyl sites for hydroxylation is 1. The van der Waals surface area contributed by atoms with Gasteiger partial charge in [0.05, 0.1) is 26.0 Å². The van der Waals surface area contributed by atoms with Crippen LogP contribution in [0.15, 0.2) is 24.4 Å². The first-order chi connectivity index (χ1) is 16.3. The van der Waals surface area contributed by atoms with E-state index in [1.165, 1.54) is 7.11 Å². The van der Waals surface area contributed by atoms with Crippen molar-refractivity contribution in [2.75, 3.05) is 30.8 Å². The lowest BCUT2D eigenvalue weighted by molar-refractivity contribution is 0.0261. The lowest BCUT2D eigenvalue weighted by atomic mass is 10.0. The number of methoxy groups -OCH3 is 1. The van der Waals surface area contributed by atoms with E-state index in [4.69, 9.17) is 19.9 Å². The SMILES string of the molecule is C=S(=O)(Nc1cc(-c2cc(OC3CCOCC3)c3nc(N)nc(C)c3c2)cnc1OC)C1CC1. The molecule has 3 N–H and O–H groups in total. The van der Waals surface area contributed by atoms with Gasteiger partial charge in [-0.25, -0.2) is 19.2 Å². The number of pyridine rings is 1. The van der Waals surface area contributed by atoms with Gasteiger partial charge in [-0.15, -0.1) is 0 Å². The van der Waals surface area contributed by atoms with E-state index in [1.54, 1.807) is 6.20 Å². The van der Waals surface area contributed by atoms with Gasteiger partial charge in [-0.3, -0.25) is 0 Å². The summed E-state index contributed by atoms with van der Waals surface area (Å²) < 4.78 is 33.4. The Hall–Kier alpha value is -3.11. The van der Waals surface area contributed by atoms with Gasteiger partial charge in [-0.05, 0) is 49.4 Å². The molecule has 1 saturated carbocycles. The predicted octanol–water partition coefficient (Wildman–Crippen LogP) is 3.35. The third kappa shape index (κ3) is 4.60. The van der Waals surface area contributed by atoms with E-state index in [2.05, 4.69) is 25.5 Å². The van der Waals surface area contributed by atoms with E-state index in [0.717, 1.165) is 47.9 Å². The van der Waals surface area contributed by atoms with Crippen molar-refractivity contribution in [3.05, 3.63) is 30.1 Å². The van der Waals surface area contributed by atoms with Crippen LogP contribution in [0.5, 0.6) is 11.6 Å². The van der Waals surface area contributed by atoms with Crippen LogP contribution in [-0.2, 0) is 14.4 Å². The van der Waals surface area contributed by atoms with Crippen LogP contribution in [-0.4, -0.2) is 56.7 Å². The van der Waals surface area contributed by atoms with Crippen LogP contribution < -0.4 is 19.9 Å². The molecule has 0 spiro atoms. The fourth-order valence-corrected chi connectivity index (χ4v) is 5.75. The molecule has 5 rings (SSSR count). The van der Waals surface area contributed by atoms with Crippen molar-refractivity contribution < 1.29 is 18.4 Å². The van der Waals surface area contributed by atoms with E-state index in [1.807, 2.05) is 25.1 Å². The van der Waals surface area contributed by atoms with Gasteiger partial charge in [0, 0.05) is 44.9 Å².